The fourth-order valence-electron chi connectivity index (χ4n) is 1.70. The summed E-state index contributed by atoms with van der Waals surface area (Å²) in [7, 11) is 0. The molecule has 1 aliphatic rings. The number of carbonyl (C=O) groups excluding carboxylic acids is 1. The minimum atomic E-state index is -0.0195. The van der Waals surface area contributed by atoms with Crippen molar-refractivity contribution in [3.63, 3.8) is 0 Å². The van der Waals surface area contributed by atoms with Crippen LogP contribution in [-0.4, -0.2) is 23.4 Å². The molecule has 0 atom stereocenters. The molecule has 1 N–H and O–H groups in total. The van der Waals surface area contributed by atoms with Gasteiger partial charge in [-0.05, 0) is 37.5 Å². The molecular formula is C14H18BrNO2. The Kier molecular flexibility index (Phi) is 4.27. The van der Waals surface area contributed by atoms with Crippen molar-refractivity contribution in [1.82, 2.24) is 5.32 Å². The van der Waals surface area contributed by atoms with Crippen LogP contribution in [-0.2, 0) is 0 Å². The molecule has 0 radical (unpaired) electrons. The van der Waals surface area contributed by atoms with Crippen LogP contribution in [0.5, 0.6) is 5.75 Å². The molecule has 18 heavy (non-hydrogen) atoms. The number of halogens is 1. The third-order valence-electron chi connectivity index (χ3n) is 3.06. The standard InChI is InChI=1S/C14H18BrNO2/c1-2-8-18-12-5-3-4-11(9-12)13(17)16-14(10-15)6-7-14/h3-5,9H,2,6-8,10H2,1H3,(H,16,17). The van der Waals surface area contributed by atoms with Gasteiger partial charge in [0.1, 0.15) is 5.75 Å². The molecule has 1 amide bonds. The molecule has 4 heteroatoms. The van der Waals surface area contributed by atoms with E-state index in [1.54, 1.807) is 6.07 Å². The number of rotatable bonds is 6. The van der Waals surface area contributed by atoms with E-state index in [1.807, 2.05) is 18.2 Å². The number of nitrogens with one attached hydrogen (secondary N) is 1. The first kappa shape index (κ1) is 13.4. The Hall–Kier alpha value is -1.03. The van der Waals surface area contributed by atoms with Gasteiger partial charge in [0.2, 0.25) is 0 Å². The zero-order valence-electron chi connectivity index (χ0n) is 10.5. The number of carbonyl (C=O) groups is 1. The molecule has 0 bridgehead atoms. The van der Waals surface area contributed by atoms with Gasteiger partial charge in [0, 0.05) is 10.9 Å². The number of alkyl halides is 1. The van der Waals surface area contributed by atoms with Crippen molar-refractivity contribution in [3.05, 3.63) is 29.8 Å². The second-order valence-corrected chi connectivity index (χ2v) is 5.31. The van der Waals surface area contributed by atoms with E-state index in [0.717, 1.165) is 30.3 Å². The molecule has 1 saturated carbocycles. The lowest BCUT2D eigenvalue weighted by atomic mass is 10.2. The number of benzene rings is 1. The van der Waals surface area contributed by atoms with Gasteiger partial charge in [0.25, 0.3) is 5.91 Å². The third kappa shape index (κ3) is 3.25. The molecule has 0 heterocycles. The third-order valence-corrected chi connectivity index (χ3v) is 4.13. The molecule has 1 aromatic carbocycles. The van der Waals surface area contributed by atoms with Gasteiger partial charge < -0.3 is 10.1 Å². The average Bonchev–Trinajstić information content (AvgIpc) is 3.17. The summed E-state index contributed by atoms with van der Waals surface area (Å²) in [5.41, 5.74) is 0.646. The monoisotopic (exact) mass is 311 g/mol. The van der Waals surface area contributed by atoms with Gasteiger partial charge in [0.15, 0.2) is 0 Å². The number of hydrogen-bond donors (Lipinski definition) is 1. The van der Waals surface area contributed by atoms with Gasteiger partial charge >= 0.3 is 0 Å². The van der Waals surface area contributed by atoms with Gasteiger partial charge in [-0.1, -0.05) is 28.9 Å². The van der Waals surface area contributed by atoms with Gasteiger partial charge in [0.05, 0.1) is 12.1 Å². The van der Waals surface area contributed by atoms with E-state index < -0.39 is 0 Å². The predicted molar refractivity (Wildman–Crippen MR) is 75.5 cm³/mol. The largest absolute Gasteiger partial charge is 0.494 e. The van der Waals surface area contributed by atoms with Gasteiger partial charge in [-0.15, -0.1) is 0 Å². The van der Waals surface area contributed by atoms with Crippen LogP contribution < -0.4 is 10.1 Å². The van der Waals surface area contributed by atoms with E-state index in [9.17, 15) is 4.79 Å². The predicted octanol–water partition coefficient (Wildman–Crippen LogP) is 3.13. The smallest absolute Gasteiger partial charge is 0.251 e. The maximum absolute atomic E-state index is 12.1. The number of ether oxygens (including phenoxy) is 1. The van der Waals surface area contributed by atoms with E-state index in [-0.39, 0.29) is 11.4 Å². The molecule has 0 saturated heterocycles. The number of amides is 1. The van der Waals surface area contributed by atoms with Crippen molar-refractivity contribution in [3.8, 4) is 5.75 Å². The molecule has 98 valence electrons. The minimum Gasteiger partial charge on any atom is -0.494 e. The topological polar surface area (TPSA) is 38.3 Å². The first-order chi connectivity index (χ1) is 8.69. The van der Waals surface area contributed by atoms with Gasteiger partial charge in [-0.2, -0.15) is 0 Å². The Morgan fingerprint density at radius 3 is 2.89 bits per heavy atom. The van der Waals surface area contributed by atoms with Crippen molar-refractivity contribution >= 4 is 21.8 Å². The molecular weight excluding hydrogens is 294 g/mol. The first-order valence-corrected chi connectivity index (χ1v) is 7.42. The highest BCUT2D eigenvalue weighted by atomic mass is 79.9. The van der Waals surface area contributed by atoms with Crippen molar-refractivity contribution in [2.24, 2.45) is 0 Å². The summed E-state index contributed by atoms with van der Waals surface area (Å²) < 4.78 is 5.53. The van der Waals surface area contributed by atoms with E-state index in [2.05, 4.69) is 28.2 Å². The first-order valence-electron chi connectivity index (χ1n) is 6.30. The van der Waals surface area contributed by atoms with E-state index >= 15 is 0 Å². The Bertz CT molecular complexity index is 430. The molecule has 1 fully saturated rings. The van der Waals surface area contributed by atoms with E-state index in [0.29, 0.717) is 12.2 Å². The van der Waals surface area contributed by atoms with Crippen LogP contribution in [0, 0.1) is 0 Å². The molecule has 0 unspecified atom stereocenters. The Morgan fingerprint density at radius 1 is 1.50 bits per heavy atom. The fraction of sp³-hybridized carbons (Fsp3) is 0.500. The van der Waals surface area contributed by atoms with Crippen LogP contribution in [0.1, 0.15) is 36.5 Å². The van der Waals surface area contributed by atoms with Crippen LogP contribution in [0.15, 0.2) is 24.3 Å². The second kappa shape index (κ2) is 5.74. The van der Waals surface area contributed by atoms with Gasteiger partial charge in [-0.25, -0.2) is 0 Å². The van der Waals surface area contributed by atoms with Crippen LogP contribution in [0.25, 0.3) is 0 Å². The summed E-state index contributed by atoms with van der Waals surface area (Å²) in [6, 6.07) is 7.35. The van der Waals surface area contributed by atoms with Crippen LogP contribution in [0.3, 0.4) is 0 Å². The molecule has 0 aromatic heterocycles. The summed E-state index contributed by atoms with van der Waals surface area (Å²) >= 11 is 3.44. The molecule has 0 aliphatic heterocycles. The van der Waals surface area contributed by atoms with E-state index in [4.69, 9.17) is 4.74 Å². The highest BCUT2D eigenvalue weighted by Crippen LogP contribution is 2.37. The average molecular weight is 312 g/mol. The second-order valence-electron chi connectivity index (χ2n) is 4.74. The van der Waals surface area contributed by atoms with Gasteiger partial charge in [-0.3, -0.25) is 4.79 Å². The van der Waals surface area contributed by atoms with Crippen molar-refractivity contribution in [1.29, 1.82) is 0 Å². The highest BCUT2D eigenvalue weighted by molar-refractivity contribution is 9.09. The molecule has 1 aromatic rings. The van der Waals surface area contributed by atoms with Crippen molar-refractivity contribution in [2.75, 3.05) is 11.9 Å². The Morgan fingerprint density at radius 2 is 2.28 bits per heavy atom. The molecule has 0 spiro atoms. The summed E-state index contributed by atoms with van der Waals surface area (Å²) in [5.74, 6) is 0.738. The quantitative estimate of drug-likeness (QED) is 0.820. The van der Waals surface area contributed by atoms with E-state index in [1.165, 1.54) is 0 Å². The fourth-order valence-corrected chi connectivity index (χ4v) is 2.40. The summed E-state index contributed by atoms with van der Waals surface area (Å²) in [4.78, 5) is 12.1. The van der Waals surface area contributed by atoms with Crippen LogP contribution >= 0.6 is 15.9 Å². The zero-order chi connectivity index (χ0) is 13.0. The lowest BCUT2D eigenvalue weighted by molar-refractivity contribution is 0.0936. The molecule has 2 rings (SSSR count). The Labute approximate surface area is 116 Å². The number of hydrogen-bond acceptors (Lipinski definition) is 2. The van der Waals surface area contributed by atoms with Crippen LogP contribution in [0.2, 0.25) is 0 Å². The zero-order valence-corrected chi connectivity index (χ0v) is 12.1. The lowest BCUT2D eigenvalue weighted by Crippen LogP contribution is -2.38. The normalized spacial score (nSPS) is 16.1. The maximum atomic E-state index is 12.1. The molecule has 3 nitrogen and oxygen atoms in total. The lowest BCUT2D eigenvalue weighted by Gasteiger charge is -2.14. The maximum Gasteiger partial charge on any atom is 0.251 e. The van der Waals surface area contributed by atoms with Crippen molar-refractivity contribution < 1.29 is 9.53 Å². The SMILES string of the molecule is CCCOc1cccc(C(=O)NC2(CBr)CC2)c1. The Balaban J connectivity index is 2.01. The van der Waals surface area contributed by atoms with Crippen LogP contribution in [0.4, 0.5) is 0 Å². The highest BCUT2D eigenvalue weighted by Gasteiger charge is 2.42. The van der Waals surface area contributed by atoms with Crippen molar-refractivity contribution in [2.45, 2.75) is 31.7 Å². The summed E-state index contributed by atoms with van der Waals surface area (Å²) in [5, 5.41) is 3.89. The minimum absolute atomic E-state index is 0.0165. The molecule has 1 aliphatic carbocycles. The summed E-state index contributed by atoms with van der Waals surface area (Å²) in [6.45, 7) is 2.74. The summed E-state index contributed by atoms with van der Waals surface area (Å²) in [6.07, 6.45) is 3.06.